The van der Waals surface area contributed by atoms with E-state index in [4.69, 9.17) is 17.3 Å². The van der Waals surface area contributed by atoms with Crippen LogP contribution in [0.1, 0.15) is 39.0 Å². The molecule has 0 amide bonds. The first kappa shape index (κ1) is 12.6. The van der Waals surface area contributed by atoms with E-state index in [9.17, 15) is 0 Å². The molecule has 1 atom stereocenters. The van der Waals surface area contributed by atoms with E-state index in [1.807, 2.05) is 18.2 Å². The van der Waals surface area contributed by atoms with Gasteiger partial charge in [0.15, 0.2) is 0 Å². The minimum atomic E-state index is 0.610. The number of rotatable bonds is 2. The Balaban J connectivity index is 2.31. The Morgan fingerprint density at radius 3 is 2.94 bits per heavy atom. The maximum atomic E-state index is 6.09. The van der Waals surface area contributed by atoms with Gasteiger partial charge in [0.25, 0.3) is 0 Å². The fourth-order valence-electron chi connectivity index (χ4n) is 2.68. The number of nitrogens with zero attached hydrogens (tertiary/aromatic N) is 1. The molecular weight excluding hydrogens is 232 g/mol. The summed E-state index contributed by atoms with van der Waals surface area (Å²) in [6.45, 7) is 3.35. The highest BCUT2D eigenvalue weighted by Crippen LogP contribution is 2.32. The van der Waals surface area contributed by atoms with E-state index >= 15 is 0 Å². The quantitative estimate of drug-likeness (QED) is 0.804. The van der Waals surface area contributed by atoms with Gasteiger partial charge in [-0.25, -0.2) is 0 Å². The monoisotopic (exact) mass is 252 g/mol. The van der Waals surface area contributed by atoms with Gasteiger partial charge < -0.3 is 10.6 Å². The summed E-state index contributed by atoms with van der Waals surface area (Å²) in [6, 6.07) is 6.39. The third-order valence-electron chi connectivity index (χ3n) is 3.65. The van der Waals surface area contributed by atoms with Crippen LogP contribution in [0.2, 0.25) is 5.02 Å². The number of hydrogen-bond donors (Lipinski definition) is 1. The molecule has 0 bridgehead atoms. The van der Waals surface area contributed by atoms with Crippen LogP contribution in [0, 0.1) is 0 Å². The van der Waals surface area contributed by atoms with Crippen molar-refractivity contribution in [2.75, 3.05) is 17.2 Å². The average Bonchev–Trinajstić information content (AvgIpc) is 2.57. The first-order valence-electron chi connectivity index (χ1n) is 6.54. The first-order valence-corrected chi connectivity index (χ1v) is 6.92. The van der Waals surface area contributed by atoms with Crippen LogP contribution in [0.3, 0.4) is 0 Å². The van der Waals surface area contributed by atoms with E-state index in [-0.39, 0.29) is 0 Å². The molecule has 1 aromatic rings. The lowest BCUT2D eigenvalue weighted by atomic mass is 10.1. The van der Waals surface area contributed by atoms with Gasteiger partial charge in [0.1, 0.15) is 0 Å². The average molecular weight is 253 g/mol. The zero-order valence-electron chi connectivity index (χ0n) is 10.5. The first-order chi connectivity index (χ1) is 8.22. The fourth-order valence-corrected chi connectivity index (χ4v) is 2.85. The summed E-state index contributed by atoms with van der Waals surface area (Å²) in [5.74, 6) is 0. The van der Waals surface area contributed by atoms with Crippen molar-refractivity contribution in [3.8, 4) is 0 Å². The maximum absolute atomic E-state index is 6.09. The van der Waals surface area contributed by atoms with Crippen LogP contribution in [-0.4, -0.2) is 12.6 Å². The lowest BCUT2D eigenvalue weighted by Crippen LogP contribution is -2.34. The van der Waals surface area contributed by atoms with Crippen molar-refractivity contribution in [1.82, 2.24) is 0 Å². The molecule has 0 aliphatic carbocycles. The van der Waals surface area contributed by atoms with Crippen molar-refractivity contribution in [3.05, 3.63) is 23.2 Å². The van der Waals surface area contributed by atoms with Crippen molar-refractivity contribution >= 4 is 23.0 Å². The van der Waals surface area contributed by atoms with Gasteiger partial charge in [-0.05, 0) is 37.5 Å². The molecular formula is C14H21ClN2. The van der Waals surface area contributed by atoms with Crippen molar-refractivity contribution in [3.63, 3.8) is 0 Å². The highest BCUT2D eigenvalue weighted by molar-refractivity contribution is 6.31. The molecule has 1 heterocycles. The maximum Gasteiger partial charge on any atom is 0.0617 e. The standard InChI is InChI=1S/C14H21ClN2/c1-2-12-6-4-3-5-9-17(12)14-10-11(15)7-8-13(14)16/h7-8,10,12H,2-6,9,16H2,1H3. The summed E-state index contributed by atoms with van der Waals surface area (Å²) < 4.78 is 0. The number of nitrogens with two attached hydrogens (primary N) is 1. The van der Waals surface area contributed by atoms with Crippen molar-refractivity contribution in [2.45, 2.75) is 45.1 Å². The number of anilines is 2. The SMILES string of the molecule is CCC1CCCCCN1c1cc(Cl)ccc1N. The van der Waals surface area contributed by atoms with E-state index in [1.165, 1.54) is 32.1 Å². The summed E-state index contributed by atoms with van der Waals surface area (Å²) in [7, 11) is 0. The normalized spacial score (nSPS) is 21.3. The van der Waals surface area contributed by atoms with Gasteiger partial charge in [-0.2, -0.15) is 0 Å². The summed E-state index contributed by atoms with van der Waals surface area (Å²) in [4.78, 5) is 2.45. The zero-order chi connectivity index (χ0) is 12.3. The summed E-state index contributed by atoms with van der Waals surface area (Å²) in [6.07, 6.45) is 6.35. The molecule has 0 aromatic heterocycles. The summed E-state index contributed by atoms with van der Waals surface area (Å²) >= 11 is 6.09. The Kier molecular flexibility index (Phi) is 4.16. The third kappa shape index (κ3) is 2.86. The van der Waals surface area contributed by atoms with Crippen LogP contribution in [0.25, 0.3) is 0 Å². The summed E-state index contributed by atoms with van der Waals surface area (Å²) in [5.41, 5.74) is 8.05. The second kappa shape index (κ2) is 5.63. The topological polar surface area (TPSA) is 29.3 Å². The molecule has 1 aromatic carbocycles. The highest BCUT2D eigenvalue weighted by Gasteiger charge is 2.21. The number of halogens is 1. The van der Waals surface area contributed by atoms with E-state index in [0.717, 1.165) is 22.9 Å². The molecule has 0 spiro atoms. The van der Waals surface area contributed by atoms with Crippen molar-refractivity contribution in [1.29, 1.82) is 0 Å². The van der Waals surface area contributed by atoms with Gasteiger partial charge >= 0.3 is 0 Å². The van der Waals surface area contributed by atoms with Gasteiger partial charge in [0, 0.05) is 17.6 Å². The largest absolute Gasteiger partial charge is 0.397 e. The van der Waals surface area contributed by atoms with E-state index in [0.29, 0.717) is 6.04 Å². The van der Waals surface area contributed by atoms with Gasteiger partial charge in [0.2, 0.25) is 0 Å². The molecule has 3 heteroatoms. The predicted octanol–water partition coefficient (Wildman–Crippen LogP) is 4.08. The minimum absolute atomic E-state index is 0.610. The van der Waals surface area contributed by atoms with Crippen molar-refractivity contribution in [2.24, 2.45) is 0 Å². The fraction of sp³-hybridized carbons (Fsp3) is 0.571. The van der Waals surface area contributed by atoms with Crippen LogP contribution in [0.15, 0.2) is 18.2 Å². The molecule has 2 N–H and O–H groups in total. The molecule has 1 aliphatic rings. The molecule has 0 saturated carbocycles. The van der Waals surface area contributed by atoms with Crippen LogP contribution < -0.4 is 10.6 Å². The lowest BCUT2D eigenvalue weighted by molar-refractivity contribution is 0.557. The Hall–Kier alpha value is -0.890. The molecule has 94 valence electrons. The van der Waals surface area contributed by atoms with Crippen molar-refractivity contribution < 1.29 is 0 Å². The van der Waals surface area contributed by atoms with Crippen LogP contribution in [-0.2, 0) is 0 Å². The van der Waals surface area contributed by atoms with Crippen LogP contribution in [0.4, 0.5) is 11.4 Å². The van der Waals surface area contributed by atoms with Gasteiger partial charge in [0.05, 0.1) is 11.4 Å². The van der Waals surface area contributed by atoms with E-state index in [2.05, 4.69) is 11.8 Å². The third-order valence-corrected chi connectivity index (χ3v) is 3.89. The zero-order valence-corrected chi connectivity index (χ0v) is 11.2. The number of hydrogen-bond acceptors (Lipinski definition) is 2. The predicted molar refractivity (Wildman–Crippen MR) is 75.8 cm³/mol. The van der Waals surface area contributed by atoms with Gasteiger partial charge in [-0.1, -0.05) is 31.4 Å². The Morgan fingerprint density at radius 2 is 2.18 bits per heavy atom. The second-order valence-electron chi connectivity index (χ2n) is 4.81. The summed E-state index contributed by atoms with van der Waals surface area (Å²) in [5, 5.41) is 0.772. The molecule has 1 fully saturated rings. The number of nitrogen functional groups attached to an aromatic ring is 1. The molecule has 2 nitrogen and oxygen atoms in total. The Bertz CT molecular complexity index is 378. The smallest absolute Gasteiger partial charge is 0.0617 e. The van der Waals surface area contributed by atoms with E-state index < -0.39 is 0 Å². The molecule has 1 unspecified atom stereocenters. The lowest BCUT2D eigenvalue weighted by Gasteiger charge is -2.32. The molecule has 17 heavy (non-hydrogen) atoms. The van der Waals surface area contributed by atoms with E-state index in [1.54, 1.807) is 0 Å². The van der Waals surface area contributed by atoms with Crippen LogP contribution in [0.5, 0.6) is 0 Å². The Labute approximate surface area is 109 Å². The second-order valence-corrected chi connectivity index (χ2v) is 5.24. The minimum Gasteiger partial charge on any atom is -0.397 e. The Morgan fingerprint density at radius 1 is 1.35 bits per heavy atom. The molecule has 1 aliphatic heterocycles. The van der Waals surface area contributed by atoms with Crippen LogP contribution >= 0.6 is 11.6 Å². The van der Waals surface area contributed by atoms with Gasteiger partial charge in [-0.15, -0.1) is 0 Å². The highest BCUT2D eigenvalue weighted by atomic mass is 35.5. The molecule has 0 radical (unpaired) electrons. The molecule has 2 rings (SSSR count). The van der Waals surface area contributed by atoms with Gasteiger partial charge in [-0.3, -0.25) is 0 Å². The number of benzene rings is 1. The molecule has 1 saturated heterocycles.